The van der Waals surface area contributed by atoms with Gasteiger partial charge in [0, 0.05) is 24.5 Å². The van der Waals surface area contributed by atoms with Gasteiger partial charge in [-0.15, -0.1) is 0 Å². The van der Waals surface area contributed by atoms with Gasteiger partial charge in [-0.1, -0.05) is 11.8 Å². The van der Waals surface area contributed by atoms with E-state index in [-0.39, 0.29) is 23.7 Å². The lowest BCUT2D eigenvalue weighted by atomic mass is 10.2. The molecule has 1 aliphatic heterocycles. The molecule has 1 aromatic heterocycles. The van der Waals surface area contributed by atoms with Crippen LogP contribution in [-0.4, -0.2) is 49.8 Å². The Morgan fingerprint density at radius 3 is 2.90 bits per heavy atom. The number of carboxylic acids is 1. The largest absolute Gasteiger partial charge is 0.480 e. The molecule has 0 saturated heterocycles. The fraction of sp³-hybridized carbons (Fsp3) is 0.500. The first-order valence-corrected chi connectivity index (χ1v) is 7.32. The fourth-order valence-corrected chi connectivity index (χ4v) is 3.13. The Bertz CT molecular complexity index is 638. The number of nitrogens with zero attached hydrogens (tertiary/aromatic N) is 3. The van der Waals surface area contributed by atoms with E-state index in [4.69, 9.17) is 5.11 Å². The van der Waals surface area contributed by atoms with Gasteiger partial charge >= 0.3 is 5.97 Å². The van der Waals surface area contributed by atoms with Crippen LogP contribution in [0.25, 0.3) is 0 Å². The summed E-state index contributed by atoms with van der Waals surface area (Å²) in [5, 5.41) is 9.50. The third-order valence-corrected chi connectivity index (χ3v) is 4.31. The zero-order valence-corrected chi connectivity index (χ0v) is 11.4. The van der Waals surface area contributed by atoms with Crippen molar-refractivity contribution in [1.29, 1.82) is 0 Å². The zero-order chi connectivity index (χ0) is 14.3. The molecule has 8 heteroatoms. The molecule has 1 amide bonds. The number of hydrogen-bond acceptors (Lipinski definition) is 5. The Labute approximate surface area is 118 Å². The van der Waals surface area contributed by atoms with Crippen LogP contribution < -0.4 is 5.56 Å². The van der Waals surface area contributed by atoms with Crippen LogP contribution in [0.2, 0.25) is 0 Å². The van der Waals surface area contributed by atoms with Crippen molar-refractivity contribution in [2.45, 2.75) is 30.6 Å². The highest BCUT2D eigenvalue weighted by atomic mass is 32.2. The monoisotopic (exact) mass is 295 g/mol. The molecule has 0 bridgehead atoms. The molecule has 1 aromatic rings. The molecule has 0 aromatic carbocycles. The second-order valence-corrected chi connectivity index (χ2v) is 5.88. The first-order valence-electron chi connectivity index (χ1n) is 6.33. The summed E-state index contributed by atoms with van der Waals surface area (Å²) < 4.78 is 1.48. The van der Waals surface area contributed by atoms with Crippen LogP contribution in [0.4, 0.5) is 0 Å². The lowest BCUT2D eigenvalue weighted by molar-refractivity contribution is -0.137. The summed E-state index contributed by atoms with van der Waals surface area (Å²) in [5.41, 5.74) is -0.412. The normalized spacial score (nSPS) is 16.8. The molecule has 0 atom stereocenters. The Balaban J connectivity index is 1.93. The standard InChI is InChI=1S/C12H13N3O4S/c16-9(17)6-15(7-1-2-7)11(19)8-5-13-12-14(10(8)18)3-4-20-12/h5,7H,1-4,6H2,(H,16,17). The summed E-state index contributed by atoms with van der Waals surface area (Å²) in [6.45, 7) is 0.161. The number of thioether (sulfide) groups is 1. The van der Waals surface area contributed by atoms with Crippen LogP contribution in [-0.2, 0) is 11.3 Å². The number of aromatic nitrogens is 2. The maximum atomic E-state index is 12.4. The predicted molar refractivity (Wildman–Crippen MR) is 70.9 cm³/mol. The summed E-state index contributed by atoms with van der Waals surface area (Å²) in [7, 11) is 0. The average molecular weight is 295 g/mol. The van der Waals surface area contributed by atoms with Crippen LogP contribution in [0.3, 0.4) is 0 Å². The van der Waals surface area contributed by atoms with Gasteiger partial charge in [0.25, 0.3) is 11.5 Å². The highest BCUT2D eigenvalue weighted by molar-refractivity contribution is 7.99. The minimum absolute atomic E-state index is 0.0376. The van der Waals surface area contributed by atoms with Gasteiger partial charge < -0.3 is 10.0 Å². The number of fused-ring (bicyclic) bond motifs is 1. The molecule has 3 rings (SSSR count). The number of carbonyl (C=O) groups excluding carboxylic acids is 1. The maximum absolute atomic E-state index is 12.4. The van der Waals surface area contributed by atoms with Crippen molar-refractivity contribution in [1.82, 2.24) is 14.5 Å². The van der Waals surface area contributed by atoms with E-state index < -0.39 is 11.9 Å². The average Bonchev–Trinajstić information content (AvgIpc) is 3.13. The van der Waals surface area contributed by atoms with Crippen molar-refractivity contribution in [3.63, 3.8) is 0 Å². The third kappa shape index (κ3) is 2.31. The number of hydrogen-bond donors (Lipinski definition) is 1. The van der Waals surface area contributed by atoms with Crippen LogP contribution >= 0.6 is 11.8 Å². The molecule has 1 fully saturated rings. The molecule has 7 nitrogen and oxygen atoms in total. The molecule has 1 aliphatic carbocycles. The Morgan fingerprint density at radius 1 is 1.50 bits per heavy atom. The van der Waals surface area contributed by atoms with Gasteiger partial charge in [-0.3, -0.25) is 19.0 Å². The van der Waals surface area contributed by atoms with E-state index in [1.807, 2.05) is 0 Å². The minimum Gasteiger partial charge on any atom is -0.480 e. The van der Waals surface area contributed by atoms with Crippen LogP contribution in [0.1, 0.15) is 23.2 Å². The van der Waals surface area contributed by atoms with Crippen molar-refractivity contribution < 1.29 is 14.7 Å². The van der Waals surface area contributed by atoms with Gasteiger partial charge in [-0.2, -0.15) is 0 Å². The van der Waals surface area contributed by atoms with Crippen LogP contribution in [0, 0.1) is 0 Å². The minimum atomic E-state index is -1.07. The quantitative estimate of drug-likeness (QED) is 0.788. The van der Waals surface area contributed by atoms with Crippen LogP contribution in [0.5, 0.6) is 0 Å². The van der Waals surface area contributed by atoms with Crippen molar-refractivity contribution in [2.24, 2.45) is 0 Å². The van der Waals surface area contributed by atoms with Crippen LogP contribution in [0.15, 0.2) is 16.1 Å². The van der Waals surface area contributed by atoms with Gasteiger partial charge in [0.15, 0.2) is 5.16 Å². The molecule has 0 spiro atoms. The Hall–Kier alpha value is -1.83. The molecular formula is C12H13N3O4S. The molecule has 2 aliphatic rings. The van der Waals surface area contributed by atoms with Crippen molar-refractivity contribution >= 4 is 23.6 Å². The van der Waals surface area contributed by atoms with Gasteiger partial charge in [0.05, 0.1) is 0 Å². The van der Waals surface area contributed by atoms with Crippen molar-refractivity contribution in [3.8, 4) is 0 Å². The number of amides is 1. The van der Waals surface area contributed by atoms with E-state index >= 15 is 0 Å². The summed E-state index contributed by atoms with van der Waals surface area (Å²) in [6.07, 6.45) is 2.84. The first-order chi connectivity index (χ1) is 9.58. The molecule has 0 radical (unpaired) electrons. The highest BCUT2D eigenvalue weighted by Crippen LogP contribution is 2.28. The number of carbonyl (C=O) groups is 2. The third-order valence-electron chi connectivity index (χ3n) is 3.34. The fourth-order valence-electron chi connectivity index (χ4n) is 2.22. The van der Waals surface area contributed by atoms with Crippen molar-refractivity contribution in [2.75, 3.05) is 12.3 Å². The zero-order valence-electron chi connectivity index (χ0n) is 10.6. The number of rotatable bonds is 4. The SMILES string of the molecule is O=C(O)CN(C(=O)c1cnc2n(c1=O)CCS2)C1CC1. The molecule has 1 N–H and O–H groups in total. The van der Waals surface area contributed by atoms with E-state index in [9.17, 15) is 14.4 Å². The predicted octanol–water partition coefficient (Wildman–Crippen LogP) is 0.0382. The molecule has 1 saturated carbocycles. The first kappa shape index (κ1) is 13.2. The highest BCUT2D eigenvalue weighted by Gasteiger charge is 2.36. The van der Waals surface area contributed by atoms with E-state index in [0.29, 0.717) is 11.7 Å². The van der Waals surface area contributed by atoms with Gasteiger partial charge in [0.2, 0.25) is 0 Å². The van der Waals surface area contributed by atoms with E-state index in [1.54, 1.807) is 0 Å². The second-order valence-electron chi connectivity index (χ2n) is 4.82. The van der Waals surface area contributed by atoms with Gasteiger partial charge in [0.1, 0.15) is 12.1 Å². The molecule has 106 valence electrons. The topological polar surface area (TPSA) is 92.5 Å². The van der Waals surface area contributed by atoms with E-state index in [1.165, 1.54) is 27.4 Å². The Kier molecular flexibility index (Phi) is 3.25. The summed E-state index contributed by atoms with van der Waals surface area (Å²) in [4.78, 5) is 40.9. The molecular weight excluding hydrogens is 282 g/mol. The van der Waals surface area contributed by atoms with Gasteiger partial charge in [-0.25, -0.2) is 4.98 Å². The van der Waals surface area contributed by atoms with E-state index in [2.05, 4.69) is 4.98 Å². The van der Waals surface area contributed by atoms with E-state index in [0.717, 1.165) is 18.6 Å². The number of carboxylic acid groups (broad SMARTS) is 1. The molecule has 0 unspecified atom stereocenters. The summed E-state index contributed by atoms with van der Waals surface area (Å²) in [5.74, 6) is -0.837. The smallest absolute Gasteiger partial charge is 0.323 e. The molecule has 2 heterocycles. The Morgan fingerprint density at radius 2 is 2.25 bits per heavy atom. The maximum Gasteiger partial charge on any atom is 0.323 e. The summed E-state index contributed by atoms with van der Waals surface area (Å²) >= 11 is 1.47. The lowest BCUT2D eigenvalue weighted by Crippen LogP contribution is -2.41. The van der Waals surface area contributed by atoms with Crippen molar-refractivity contribution in [3.05, 3.63) is 22.1 Å². The summed E-state index contributed by atoms with van der Waals surface area (Å²) in [6, 6.07) is -0.0642. The number of aliphatic carboxylic acids is 1. The lowest BCUT2D eigenvalue weighted by Gasteiger charge is -2.19. The van der Waals surface area contributed by atoms with Gasteiger partial charge in [-0.05, 0) is 12.8 Å². The second kappa shape index (κ2) is 4.93. The molecule has 20 heavy (non-hydrogen) atoms.